The molecule has 2 saturated heterocycles. The highest BCUT2D eigenvalue weighted by Crippen LogP contribution is 2.27. The second-order valence-corrected chi connectivity index (χ2v) is 12.5. The van der Waals surface area contributed by atoms with Crippen molar-refractivity contribution in [2.75, 3.05) is 43.1 Å². The van der Waals surface area contributed by atoms with Gasteiger partial charge in [-0.05, 0) is 68.8 Å². The highest BCUT2D eigenvalue weighted by atomic mass is 16.5. The molecule has 0 amide bonds. The maximum Gasteiger partial charge on any atom is 0.358 e. The molecule has 0 aliphatic carbocycles. The van der Waals surface area contributed by atoms with E-state index in [4.69, 9.17) is 14.7 Å². The lowest BCUT2D eigenvalue weighted by Crippen LogP contribution is -2.39. The van der Waals surface area contributed by atoms with E-state index in [2.05, 4.69) is 57.9 Å². The van der Waals surface area contributed by atoms with Crippen molar-refractivity contribution >= 4 is 28.5 Å². The number of nitrogens with one attached hydrogen (secondary N) is 1. The maximum absolute atomic E-state index is 11.5. The summed E-state index contributed by atoms with van der Waals surface area (Å²) in [5.74, 6) is 3.81. The van der Waals surface area contributed by atoms with Gasteiger partial charge in [0.2, 0.25) is 0 Å². The first-order valence-electron chi connectivity index (χ1n) is 16.8. The van der Waals surface area contributed by atoms with Gasteiger partial charge < -0.3 is 24.0 Å². The van der Waals surface area contributed by atoms with Gasteiger partial charge in [-0.2, -0.15) is 10.4 Å². The van der Waals surface area contributed by atoms with Crippen LogP contribution in [-0.2, 0) is 4.74 Å². The first kappa shape index (κ1) is 34.1. The highest BCUT2D eigenvalue weighted by molar-refractivity contribution is 5.87. The lowest BCUT2D eigenvalue weighted by atomic mass is 10.1. The Morgan fingerprint density at radius 2 is 1.52 bits per heavy atom. The summed E-state index contributed by atoms with van der Waals surface area (Å²) in [6.45, 7) is 9.39. The molecule has 5 aromatic rings. The summed E-state index contributed by atoms with van der Waals surface area (Å²) in [5, 5.41) is 25.2. The Bertz CT molecular complexity index is 1980. The number of carbonyl (C=O) groups excluding carboxylic acids is 1. The number of H-pyrrole nitrogens is 1. The summed E-state index contributed by atoms with van der Waals surface area (Å²) in [4.78, 5) is 24.9. The third-order valence-corrected chi connectivity index (χ3v) is 8.88. The van der Waals surface area contributed by atoms with Crippen LogP contribution in [0.1, 0.15) is 58.7 Å². The molecule has 1 N–H and O–H groups in total. The van der Waals surface area contributed by atoms with Crippen molar-refractivity contribution < 1.29 is 19.0 Å². The molecule has 0 bridgehead atoms. The van der Waals surface area contributed by atoms with E-state index in [9.17, 15) is 4.79 Å². The number of aromatic nitrogens is 6. The minimum atomic E-state index is -0.487. The summed E-state index contributed by atoms with van der Waals surface area (Å²) in [6, 6.07) is 17.1. The van der Waals surface area contributed by atoms with E-state index in [0.29, 0.717) is 5.56 Å². The van der Waals surface area contributed by atoms with Gasteiger partial charge in [-0.3, -0.25) is 5.10 Å². The SMILES string of the molecule is COC(=O)c1cc(C)c(N2CCC(Oc3cccc(C#N)c3)CC2)nn1.Cc1ncc(C)c(N2CCC(Oc3ccc4[nH]ncc4c3)CC2)n1. The molecule has 2 aliphatic heterocycles. The zero-order chi connectivity index (χ0) is 35.0. The summed E-state index contributed by atoms with van der Waals surface area (Å²) in [6.07, 6.45) is 7.74. The molecule has 3 aromatic heterocycles. The number of fused-ring (bicyclic) bond motifs is 1. The highest BCUT2D eigenvalue weighted by Gasteiger charge is 2.25. The number of rotatable bonds is 7. The number of aryl methyl sites for hydroxylation is 3. The van der Waals surface area contributed by atoms with Gasteiger partial charge in [-0.15, -0.1) is 10.2 Å². The fourth-order valence-electron chi connectivity index (χ4n) is 6.22. The molecular formula is C37H41N9O4. The Hall–Kier alpha value is -5.77. The minimum absolute atomic E-state index is 0.0998. The predicted molar refractivity (Wildman–Crippen MR) is 189 cm³/mol. The number of anilines is 2. The molecule has 13 heteroatoms. The minimum Gasteiger partial charge on any atom is -0.490 e. The van der Waals surface area contributed by atoms with Crippen LogP contribution in [0.15, 0.2) is 60.9 Å². The quantitative estimate of drug-likeness (QED) is 0.216. The fourth-order valence-corrected chi connectivity index (χ4v) is 6.22. The number of benzene rings is 2. The molecule has 50 heavy (non-hydrogen) atoms. The Morgan fingerprint density at radius 1 is 0.840 bits per heavy atom. The number of esters is 1. The molecule has 0 spiro atoms. The molecule has 2 aliphatic rings. The zero-order valence-electron chi connectivity index (χ0n) is 28.8. The third kappa shape index (κ3) is 8.26. The summed E-state index contributed by atoms with van der Waals surface area (Å²) in [7, 11) is 1.32. The van der Waals surface area contributed by atoms with Crippen LogP contribution in [0.4, 0.5) is 11.6 Å². The largest absolute Gasteiger partial charge is 0.490 e. The van der Waals surface area contributed by atoms with Crippen LogP contribution in [0.2, 0.25) is 0 Å². The van der Waals surface area contributed by atoms with Crippen LogP contribution in [0.25, 0.3) is 10.9 Å². The number of aromatic amines is 1. The maximum atomic E-state index is 11.5. The lowest BCUT2D eigenvalue weighted by Gasteiger charge is -2.33. The summed E-state index contributed by atoms with van der Waals surface area (Å²) < 4.78 is 16.8. The molecule has 0 radical (unpaired) electrons. The van der Waals surface area contributed by atoms with Gasteiger partial charge >= 0.3 is 5.97 Å². The molecule has 0 atom stereocenters. The Kier molecular flexibility index (Phi) is 10.7. The summed E-state index contributed by atoms with van der Waals surface area (Å²) in [5.41, 5.74) is 3.86. The van der Waals surface area contributed by atoms with E-state index in [1.807, 2.05) is 56.6 Å². The normalized spacial score (nSPS) is 15.2. The van der Waals surface area contributed by atoms with Crippen molar-refractivity contribution in [3.63, 3.8) is 0 Å². The van der Waals surface area contributed by atoms with E-state index in [-0.39, 0.29) is 17.9 Å². The molecule has 5 heterocycles. The van der Waals surface area contributed by atoms with Crippen LogP contribution in [0.3, 0.4) is 0 Å². The van der Waals surface area contributed by atoms with E-state index < -0.39 is 5.97 Å². The monoisotopic (exact) mass is 675 g/mol. The third-order valence-electron chi connectivity index (χ3n) is 8.88. The molecule has 2 fully saturated rings. The first-order chi connectivity index (χ1) is 24.3. The fraction of sp³-hybridized carbons (Fsp3) is 0.378. The molecule has 258 valence electrons. The Morgan fingerprint density at radius 3 is 2.18 bits per heavy atom. The van der Waals surface area contributed by atoms with Gasteiger partial charge in [0.1, 0.15) is 35.3 Å². The van der Waals surface area contributed by atoms with Crippen molar-refractivity contribution in [3.8, 4) is 17.6 Å². The number of hydrogen-bond acceptors (Lipinski definition) is 12. The van der Waals surface area contributed by atoms with Gasteiger partial charge in [0, 0.05) is 69.0 Å². The summed E-state index contributed by atoms with van der Waals surface area (Å²) >= 11 is 0. The topological polar surface area (TPSA) is 155 Å². The zero-order valence-corrected chi connectivity index (χ0v) is 28.8. The molecular weight excluding hydrogens is 634 g/mol. The van der Waals surface area contributed by atoms with Gasteiger partial charge in [0.25, 0.3) is 0 Å². The van der Waals surface area contributed by atoms with E-state index >= 15 is 0 Å². The van der Waals surface area contributed by atoms with Gasteiger partial charge in [-0.1, -0.05) is 6.07 Å². The molecule has 13 nitrogen and oxygen atoms in total. The smallest absolute Gasteiger partial charge is 0.358 e. The van der Waals surface area contributed by atoms with E-state index in [0.717, 1.165) is 103 Å². The molecule has 7 rings (SSSR count). The first-order valence-corrected chi connectivity index (χ1v) is 16.8. The number of ether oxygens (including phenoxy) is 3. The lowest BCUT2D eigenvalue weighted by molar-refractivity contribution is 0.0592. The Balaban J connectivity index is 0.000000173. The van der Waals surface area contributed by atoms with Crippen LogP contribution in [-0.4, -0.2) is 81.8 Å². The van der Waals surface area contributed by atoms with Crippen molar-refractivity contribution in [2.24, 2.45) is 0 Å². The number of carbonyl (C=O) groups is 1. The molecule has 0 saturated carbocycles. The number of methoxy groups -OCH3 is 1. The van der Waals surface area contributed by atoms with Crippen molar-refractivity contribution in [1.29, 1.82) is 5.26 Å². The number of hydrogen-bond donors (Lipinski definition) is 1. The average Bonchev–Trinajstić information content (AvgIpc) is 3.61. The molecule has 0 unspecified atom stereocenters. The Labute approximate surface area is 291 Å². The average molecular weight is 676 g/mol. The van der Waals surface area contributed by atoms with Gasteiger partial charge in [0.05, 0.1) is 30.5 Å². The van der Waals surface area contributed by atoms with E-state index in [1.54, 1.807) is 18.2 Å². The predicted octanol–water partition coefficient (Wildman–Crippen LogP) is 5.51. The molecule has 2 aromatic carbocycles. The number of nitrogens with zero attached hydrogens (tertiary/aromatic N) is 8. The van der Waals surface area contributed by atoms with E-state index in [1.165, 1.54) is 7.11 Å². The standard InChI is InChI=1S/C19H20N4O3.C18H21N5O/c1-13-10-17(19(24)25-2)21-22-18(13)23-8-6-15(7-9-23)26-16-5-3-4-14(11-16)12-20;1-12-10-19-13(2)21-18(12)23-7-5-15(6-8-23)24-16-3-4-17-14(9-16)11-20-22-17/h3-5,10-11,15H,6-9H2,1-2H3;3-4,9-11,15H,5-8H2,1-2H3,(H,20,22). The second-order valence-electron chi connectivity index (χ2n) is 12.5. The van der Waals surface area contributed by atoms with Crippen molar-refractivity contribution in [1.82, 2.24) is 30.4 Å². The van der Waals surface area contributed by atoms with Gasteiger partial charge in [-0.25, -0.2) is 14.8 Å². The van der Waals surface area contributed by atoms with Crippen LogP contribution < -0.4 is 19.3 Å². The van der Waals surface area contributed by atoms with Gasteiger partial charge in [0.15, 0.2) is 11.5 Å². The van der Waals surface area contributed by atoms with Crippen LogP contribution in [0, 0.1) is 32.1 Å². The van der Waals surface area contributed by atoms with Crippen molar-refractivity contribution in [3.05, 3.63) is 89.1 Å². The number of nitriles is 1. The van der Waals surface area contributed by atoms with Crippen molar-refractivity contribution in [2.45, 2.75) is 58.7 Å². The van der Waals surface area contributed by atoms with Crippen LogP contribution >= 0.6 is 0 Å². The second kappa shape index (κ2) is 15.6. The van der Waals surface area contributed by atoms with Crippen LogP contribution in [0.5, 0.6) is 11.5 Å². The number of piperidine rings is 2.